The number of hydrogen-bond acceptors (Lipinski definition) is 5. The number of benzene rings is 2. The lowest BCUT2D eigenvalue weighted by atomic mass is 10.2. The van der Waals surface area contributed by atoms with Crippen molar-refractivity contribution in [2.75, 3.05) is 0 Å². The average Bonchev–Trinajstić information content (AvgIpc) is 2.66. The summed E-state index contributed by atoms with van der Waals surface area (Å²) in [6, 6.07) is 15.3. The molecule has 0 spiro atoms. The van der Waals surface area contributed by atoms with Gasteiger partial charge in [0.05, 0.1) is 11.1 Å². The molecule has 8 heteroatoms. The molecule has 0 atom stereocenters. The predicted octanol–water partition coefficient (Wildman–Crippen LogP) is 2.14. The molecule has 0 radical (unpaired) electrons. The number of carbonyl (C=O) groups excluding carboxylic acids is 2. The van der Waals surface area contributed by atoms with E-state index in [-0.39, 0.29) is 24.4 Å². The van der Waals surface area contributed by atoms with Crippen LogP contribution in [0.25, 0.3) is 0 Å². The van der Waals surface area contributed by atoms with Gasteiger partial charge in [-0.25, -0.2) is 5.43 Å². The second-order valence-electron chi connectivity index (χ2n) is 5.41. The number of rotatable bonds is 8. The molecular weight excluding hydrogens is 336 g/mol. The van der Waals surface area contributed by atoms with Gasteiger partial charge < -0.3 is 5.32 Å². The monoisotopic (exact) mass is 354 g/mol. The third kappa shape index (κ3) is 6.52. The SMILES string of the molecule is O=C(CCC(=O)N/N=C\c1cccc([N+](=O)[O-])c1)NCc1ccccc1. The molecule has 0 saturated heterocycles. The molecule has 2 N–H and O–H groups in total. The molecule has 26 heavy (non-hydrogen) atoms. The van der Waals surface area contributed by atoms with Gasteiger partial charge in [0.25, 0.3) is 5.69 Å². The Kier molecular flexibility index (Phi) is 6.99. The quantitative estimate of drug-likeness (QED) is 0.429. The molecular formula is C18H18N4O4. The van der Waals surface area contributed by atoms with Crippen LogP contribution in [0.15, 0.2) is 59.7 Å². The number of carbonyl (C=O) groups is 2. The smallest absolute Gasteiger partial charge is 0.270 e. The number of nitro groups is 1. The fourth-order valence-electron chi connectivity index (χ4n) is 2.07. The van der Waals surface area contributed by atoms with Crippen LogP contribution in [0.1, 0.15) is 24.0 Å². The zero-order valence-electron chi connectivity index (χ0n) is 13.9. The minimum absolute atomic E-state index is 0.00704. The Hall–Kier alpha value is -3.55. The molecule has 0 aliphatic carbocycles. The summed E-state index contributed by atoms with van der Waals surface area (Å²) in [5.41, 5.74) is 3.69. The van der Waals surface area contributed by atoms with Crippen molar-refractivity contribution in [3.05, 3.63) is 75.8 Å². The Bertz CT molecular complexity index is 806. The van der Waals surface area contributed by atoms with E-state index in [4.69, 9.17) is 0 Å². The Morgan fingerprint density at radius 3 is 2.50 bits per heavy atom. The van der Waals surface area contributed by atoms with Gasteiger partial charge in [-0.15, -0.1) is 0 Å². The van der Waals surface area contributed by atoms with E-state index in [9.17, 15) is 19.7 Å². The van der Waals surface area contributed by atoms with Crippen molar-refractivity contribution in [1.29, 1.82) is 0 Å². The normalized spacial score (nSPS) is 10.5. The second kappa shape index (κ2) is 9.67. The molecule has 2 aromatic rings. The van der Waals surface area contributed by atoms with Gasteiger partial charge in [0.2, 0.25) is 11.8 Å². The standard InChI is InChI=1S/C18H18N4O4/c23-17(19-12-14-5-2-1-3-6-14)9-10-18(24)21-20-13-15-7-4-8-16(11-15)22(25)26/h1-8,11,13H,9-10,12H2,(H,19,23)(H,21,24)/b20-13-. The van der Waals surface area contributed by atoms with E-state index in [0.717, 1.165) is 5.56 Å². The largest absolute Gasteiger partial charge is 0.352 e. The van der Waals surface area contributed by atoms with Gasteiger partial charge in [-0.1, -0.05) is 42.5 Å². The van der Waals surface area contributed by atoms with E-state index >= 15 is 0 Å². The molecule has 0 aliphatic rings. The van der Waals surface area contributed by atoms with Crippen LogP contribution >= 0.6 is 0 Å². The first-order valence-corrected chi connectivity index (χ1v) is 7.91. The average molecular weight is 354 g/mol. The lowest BCUT2D eigenvalue weighted by molar-refractivity contribution is -0.384. The van der Waals surface area contributed by atoms with Crippen LogP contribution in [0, 0.1) is 10.1 Å². The highest BCUT2D eigenvalue weighted by atomic mass is 16.6. The van der Waals surface area contributed by atoms with Crippen LogP contribution < -0.4 is 10.7 Å². The zero-order valence-corrected chi connectivity index (χ0v) is 13.9. The lowest BCUT2D eigenvalue weighted by Gasteiger charge is -2.04. The summed E-state index contributed by atoms with van der Waals surface area (Å²) in [5.74, 6) is -0.645. The van der Waals surface area contributed by atoms with Crippen molar-refractivity contribution in [1.82, 2.24) is 10.7 Å². The van der Waals surface area contributed by atoms with Crippen LogP contribution in [-0.4, -0.2) is 23.0 Å². The number of nitrogens with zero attached hydrogens (tertiary/aromatic N) is 2. The maximum Gasteiger partial charge on any atom is 0.270 e. The van der Waals surface area contributed by atoms with Crippen LogP contribution in [0.5, 0.6) is 0 Å². The van der Waals surface area contributed by atoms with Gasteiger partial charge in [0.1, 0.15) is 0 Å². The third-order valence-corrected chi connectivity index (χ3v) is 3.40. The summed E-state index contributed by atoms with van der Waals surface area (Å²) in [6.07, 6.45) is 1.35. The van der Waals surface area contributed by atoms with Crippen LogP contribution in [-0.2, 0) is 16.1 Å². The summed E-state index contributed by atoms with van der Waals surface area (Å²) < 4.78 is 0. The minimum Gasteiger partial charge on any atom is -0.352 e. The Morgan fingerprint density at radius 1 is 1.04 bits per heavy atom. The fraction of sp³-hybridized carbons (Fsp3) is 0.167. The maximum absolute atomic E-state index is 11.7. The molecule has 2 rings (SSSR count). The Labute approximate surface area is 150 Å². The van der Waals surface area contributed by atoms with Gasteiger partial charge in [0, 0.05) is 37.1 Å². The number of amides is 2. The third-order valence-electron chi connectivity index (χ3n) is 3.40. The number of nitrogens with one attached hydrogen (secondary N) is 2. The predicted molar refractivity (Wildman–Crippen MR) is 96.4 cm³/mol. The number of nitro benzene ring substituents is 1. The van der Waals surface area contributed by atoms with Gasteiger partial charge in [-0.2, -0.15) is 5.10 Å². The lowest BCUT2D eigenvalue weighted by Crippen LogP contribution is -2.25. The highest BCUT2D eigenvalue weighted by Crippen LogP contribution is 2.11. The van der Waals surface area contributed by atoms with Gasteiger partial charge in [-0.3, -0.25) is 19.7 Å². The summed E-state index contributed by atoms with van der Waals surface area (Å²) in [7, 11) is 0. The first kappa shape index (κ1) is 18.8. The number of hydrogen-bond donors (Lipinski definition) is 2. The summed E-state index contributed by atoms with van der Waals surface area (Å²) >= 11 is 0. The van der Waals surface area contributed by atoms with Crippen molar-refractivity contribution in [3.63, 3.8) is 0 Å². The van der Waals surface area contributed by atoms with E-state index in [1.165, 1.54) is 24.4 Å². The van der Waals surface area contributed by atoms with Crippen molar-refractivity contribution in [3.8, 4) is 0 Å². The van der Waals surface area contributed by atoms with Crippen molar-refractivity contribution < 1.29 is 14.5 Å². The number of hydrazone groups is 1. The van der Waals surface area contributed by atoms with E-state index in [2.05, 4.69) is 15.8 Å². The van der Waals surface area contributed by atoms with Gasteiger partial charge >= 0.3 is 0 Å². The van der Waals surface area contributed by atoms with Crippen LogP contribution in [0.2, 0.25) is 0 Å². The second-order valence-corrected chi connectivity index (χ2v) is 5.41. The van der Waals surface area contributed by atoms with Crippen LogP contribution in [0.3, 0.4) is 0 Å². The molecule has 134 valence electrons. The molecule has 0 bridgehead atoms. The highest BCUT2D eigenvalue weighted by molar-refractivity contribution is 5.85. The Balaban J connectivity index is 1.70. The first-order chi connectivity index (χ1) is 12.5. The molecule has 0 unspecified atom stereocenters. The van der Waals surface area contributed by atoms with Crippen molar-refractivity contribution in [2.45, 2.75) is 19.4 Å². The zero-order chi connectivity index (χ0) is 18.8. The molecule has 0 saturated carbocycles. The summed E-state index contributed by atoms with van der Waals surface area (Å²) in [4.78, 5) is 33.6. The highest BCUT2D eigenvalue weighted by Gasteiger charge is 2.07. The molecule has 0 aromatic heterocycles. The first-order valence-electron chi connectivity index (χ1n) is 7.91. The van der Waals surface area contributed by atoms with E-state index < -0.39 is 10.8 Å². The minimum atomic E-state index is -0.510. The topological polar surface area (TPSA) is 114 Å². The molecule has 0 heterocycles. The summed E-state index contributed by atoms with van der Waals surface area (Å²) in [5, 5.41) is 17.1. The number of non-ortho nitro benzene ring substituents is 1. The van der Waals surface area contributed by atoms with Gasteiger partial charge in [-0.05, 0) is 5.56 Å². The van der Waals surface area contributed by atoms with E-state index in [1.807, 2.05) is 30.3 Å². The molecule has 0 aliphatic heterocycles. The molecule has 8 nitrogen and oxygen atoms in total. The molecule has 0 fully saturated rings. The van der Waals surface area contributed by atoms with E-state index in [1.54, 1.807) is 6.07 Å². The molecule has 2 amide bonds. The van der Waals surface area contributed by atoms with Gasteiger partial charge in [0.15, 0.2) is 0 Å². The van der Waals surface area contributed by atoms with E-state index in [0.29, 0.717) is 12.1 Å². The van der Waals surface area contributed by atoms with Crippen molar-refractivity contribution >= 4 is 23.7 Å². The maximum atomic E-state index is 11.7. The summed E-state index contributed by atoms with van der Waals surface area (Å²) in [6.45, 7) is 0.409. The molecule has 2 aromatic carbocycles. The Morgan fingerprint density at radius 2 is 1.77 bits per heavy atom. The van der Waals surface area contributed by atoms with Crippen molar-refractivity contribution in [2.24, 2.45) is 5.10 Å². The van der Waals surface area contributed by atoms with Crippen LogP contribution in [0.4, 0.5) is 5.69 Å². The fourth-order valence-corrected chi connectivity index (χ4v) is 2.07.